The number of amides is 1. The average Bonchev–Trinajstić information content (AvgIpc) is 3.37. The fourth-order valence-electron chi connectivity index (χ4n) is 4.50. The van der Waals surface area contributed by atoms with Gasteiger partial charge >= 0.3 is 0 Å². The summed E-state index contributed by atoms with van der Waals surface area (Å²) in [5.41, 5.74) is 1.64. The Labute approximate surface area is 195 Å². The molecule has 0 aliphatic carbocycles. The molecular formula is C22H33N5O3S2. The van der Waals surface area contributed by atoms with Crippen molar-refractivity contribution in [3.63, 3.8) is 0 Å². The fourth-order valence-corrected chi connectivity index (χ4v) is 6.23. The second kappa shape index (κ2) is 9.23. The number of carbonyl (C=O) groups is 1. The summed E-state index contributed by atoms with van der Waals surface area (Å²) in [6.07, 6.45) is 4.04. The number of aryl methyl sites for hydroxylation is 1. The van der Waals surface area contributed by atoms with Gasteiger partial charge in [0.25, 0.3) is 0 Å². The molecule has 1 aromatic carbocycles. The van der Waals surface area contributed by atoms with Crippen molar-refractivity contribution in [3.05, 3.63) is 23.8 Å². The normalized spacial score (nSPS) is 25.0. The Balaban J connectivity index is 1.33. The van der Waals surface area contributed by atoms with Gasteiger partial charge in [0.15, 0.2) is 15.0 Å². The first kappa shape index (κ1) is 23.4. The van der Waals surface area contributed by atoms with Crippen molar-refractivity contribution < 1.29 is 13.2 Å². The van der Waals surface area contributed by atoms with Crippen molar-refractivity contribution in [2.75, 3.05) is 31.2 Å². The molecule has 2 N–H and O–H groups in total. The largest absolute Gasteiger partial charge is 0.373 e. The Morgan fingerprint density at radius 2 is 1.91 bits per heavy atom. The molecule has 0 aromatic heterocycles. The predicted octanol–water partition coefficient (Wildman–Crippen LogP) is 2.47. The fraction of sp³-hybridized carbons (Fsp3) is 0.636. The van der Waals surface area contributed by atoms with Gasteiger partial charge in [-0.3, -0.25) is 4.79 Å². The molecule has 32 heavy (non-hydrogen) atoms. The molecule has 0 bridgehead atoms. The molecule has 2 unspecified atom stereocenters. The monoisotopic (exact) mass is 479 g/mol. The Hall–Kier alpha value is -1.78. The van der Waals surface area contributed by atoms with Crippen molar-refractivity contribution >= 4 is 38.5 Å². The van der Waals surface area contributed by atoms with Crippen LogP contribution in [0.5, 0.6) is 0 Å². The number of anilines is 1. The molecule has 0 spiro atoms. The lowest BCUT2D eigenvalue weighted by atomic mass is 10.0. The van der Waals surface area contributed by atoms with Crippen LogP contribution in [0, 0.1) is 12.8 Å². The molecule has 176 valence electrons. The van der Waals surface area contributed by atoms with E-state index in [9.17, 15) is 13.2 Å². The first-order valence-electron chi connectivity index (χ1n) is 11.3. The van der Waals surface area contributed by atoms with Crippen LogP contribution in [0.2, 0.25) is 0 Å². The van der Waals surface area contributed by atoms with Crippen LogP contribution in [0.25, 0.3) is 0 Å². The van der Waals surface area contributed by atoms with E-state index >= 15 is 0 Å². The minimum absolute atomic E-state index is 0.143. The number of sulfone groups is 1. The second-order valence-corrected chi connectivity index (χ2v) is 12.1. The van der Waals surface area contributed by atoms with E-state index in [0.29, 0.717) is 10.8 Å². The molecule has 2 atom stereocenters. The van der Waals surface area contributed by atoms with E-state index in [1.54, 1.807) is 30.1 Å². The van der Waals surface area contributed by atoms with Crippen molar-refractivity contribution in [2.24, 2.45) is 10.9 Å². The van der Waals surface area contributed by atoms with Crippen molar-refractivity contribution in [3.8, 4) is 0 Å². The first-order valence-corrected chi connectivity index (χ1v) is 14.0. The summed E-state index contributed by atoms with van der Waals surface area (Å²) in [6, 6.07) is 5.02. The summed E-state index contributed by atoms with van der Waals surface area (Å²) in [5.74, 6) is 0.611. The summed E-state index contributed by atoms with van der Waals surface area (Å²) in [6.45, 7) is 8.79. The Morgan fingerprint density at radius 1 is 1.19 bits per heavy atom. The van der Waals surface area contributed by atoms with Crippen LogP contribution in [0.1, 0.15) is 38.7 Å². The first-order chi connectivity index (χ1) is 15.1. The third-order valence-corrected chi connectivity index (χ3v) is 8.54. The zero-order chi connectivity index (χ0) is 23.0. The third kappa shape index (κ3) is 4.92. The molecular weight excluding hydrogens is 446 g/mol. The number of benzene rings is 1. The Kier molecular flexibility index (Phi) is 6.74. The molecule has 10 heteroatoms. The Bertz CT molecular complexity index is 1000. The number of rotatable bonds is 5. The molecule has 3 heterocycles. The SMILES string of the molecule is Cc1cc(S(C)(=O)=O)ccc1NC1CCN(C2CCN(C3=NC(C(C)C)NS3)CC2)C1=O. The van der Waals surface area contributed by atoms with E-state index in [4.69, 9.17) is 4.99 Å². The molecule has 8 nitrogen and oxygen atoms in total. The van der Waals surface area contributed by atoms with Crippen LogP contribution in [0.3, 0.4) is 0 Å². The summed E-state index contributed by atoms with van der Waals surface area (Å²) in [7, 11) is -3.24. The van der Waals surface area contributed by atoms with Gasteiger partial charge in [0.2, 0.25) is 5.91 Å². The maximum absolute atomic E-state index is 13.1. The van der Waals surface area contributed by atoms with E-state index in [2.05, 4.69) is 28.8 Å². The number of amidine groups is 1. The highest BCUT2D eigenvalue weighted by Gasteiger charge is 2.38. The lowest BCUT2D eigenvalue weighted by Gasteiger charge is -2.37. The van der Waals surface area contributed by atoms with E-state index in [1.165, 1.54) is 6.26 Å². The van der Waals surface area contributed by atoms with Crippen LogP contribution < -0.4 is 10.0 Å². The number of hydrogen-bond acceptors (Lipinski definition) is 8. The number of hydrogen-bond donors (Lipinski definition) is 2. The maximum atomic E-state index is 13.1. The standard InChI is InChI=1S/C22H33N5O3S2/c1-14(2)20-24-22(31-25-20)26-10-7-16(8-11-26)27-12-9-19(21(27)28)23-18-6-5-17(13-15(18)3)32(4,29)30/h5-6,13-14,16,19-20,23,25H,7-12H2,1-4H3. The third-order valence-electron chi connectivity index (χ3n) is 6.52. The summed E-state index contributed by atoms with van der Waals surface area (Å²) < 4.78 is 26.9. The zero-order valence-corrected chi connectivity index (χ0v) is 20.8. The number of likely N-dealkylation sites (tertiary alicyclic amines) is 2. The summed E-state index contributed by atoms with van der Waals surface area (Å²) in [5, 5.41) is 4.42. The molecule has 1 amide bonds. The lowest BCUT2D eigenvalue weighted by Crippen LogP contribution is -2.48. The zero-order valence-electron chi connectivity index (χ0n) is 19.2. The van der Waals surface area contributed by atoms with E-state index in [1.807, 2.05) is 11.8 Å². The highest BCUT2D eigenvalue weighted by atomic mass is 32.2. The van der Waals surface area contributed by atoms with Gasteiger partial charge in [0.1, 0.15) is 12.2 Å². The summed E-state index contributed by atoms with van der Waals surface area (Å²) >= 11 is 1.62. The molecule has 1 aromatic rings. The summed E-state index contributed by atoms with van der Waals surface area (Å²) in [4.78, 5) is 22.6. The van der Waals surface area contributed by atoms with Crippen molar-refractivity contribution in [1.82, 2.24) is 14.5 Å². The van der Waals surface area contributed by atoms with Gasteiger partial charge in [-0.25, -0.2) is 18.1 Å². The highest BCUT2D eigenvalue weighted by Crippen LogP contribution is 2.28. The van der Waals surface area contributed by atoms with E-state index in [-0.39, 0.29) is 24.2 Å². The topological polar surface area (TPSA) is 94.1 Å². The van der Waals surface area contributed by atoms with Gasteiger partial charge in [-0.05, 0) is 67.8 Å². The van der Waals surface area contributed by atoms with Gasteiger partial charge in [0, 0.05) is 37.6 Å². The van der Waals surface area contributed by atoms with Crippen LogP contribution in [-0.2, 0) is 14.6 Å². The van der Waals surface area contributed by atoms with Crippen LogP contribution in [0.4, 0.5) is 5.69 Å². The minimum Gasteiger partial charge on any atom is -0.373 e. The minimum atomic E-state index is -3.24. The number of carbonyl (C=O) groups excluding carboxylic acids is 1. The second-order valence-electron chi connectivity index (χ2n) is 9.30. The molecule has 3 aliphatic heterocycles. The number of aliphatic imine (C=N–C) groups is 1. The van der Waals surface area contributed by atoms with Crippen LogP contribution in [0.15, 0.2) is 28.1 Å². The molecule has 4 rings (SSSR count). The average molecular weight is 480 g/mol. The van der Waals surface area contributed by atoms with Crippen molar-refractivity contribution in [2.45, 2.75) is 63.2 Å². The quantitative estimate of drug-likeness (QED) is 0.627. The van der Waals surface area contributed by atoms with Crippen LogP contribution >= 0.6 is 11.9 Å². The predicted molar refractivity (Wildman–Crippen MR) is 129 cm³/mol. The molecule has 2 fully saturated rings. The van der Waals surface area contributed by atoms with Crippen LogP contribution in [-0.4, -0.2) is 73.4 Å². The smallest absolute Gasteiger partial charge is 0.245 e. The Morgan fingerprint density at radius 3 is 2.50 bits per heavy atom. The number of nitrogens with zero attached hydrogens (tertiary/aromatic N) is 3. The van der Waals surface area contributed by atoms with E-state index in [0.717, 1.165) is 55.3 Å². The van der Waals surface area contributed by atoms with E-state index < -0.39 is 9.84 Å². The van der Waals surface area contributed by atoms with Gasteiger partial charge in [0.05, 0.1) is 4.90 Å². The number of piperidine rings is 1. The van der Waals surface area contributed by atoms with Gasteiger partial charge < -0.3 is 15.1 Å². The molecule has 3 aliphatic rings. The lowest BCUT2D eigenvalue weighted by molar-refractivity contribution is -0.130. The molecule has 0 saturated carbocycles. The maximum Gasteiger partial charge on any atom is 0.245 e. The number of nitrogens with one attached hydrogen (secondary N) is 2. The van der Waals surface area contributed by atoms with Gasteiger partial charge in [-0.2, -0.15) is 0 Å². The highest BCUT2D eigenvalue weighted by molar-refractivity contribution is 8.12. The molecule has 2 saturated heterocycles. The van der Waals surface area contributed by atoms with Gasteiger partial charge in [-0.15, -0.1) is 0 Å². The van der Waals surface area contributed by atoms with Crippen molar-refractivity contribution in [1.29, 1.82) is 0 Å². The van der Waals surface area contributed by atoms with Gasteiger partial charge in [-0.1, -0.05) is 13.8 Å². The molecule has 0 radical (unpaired) electrons.